The van der Waals surface area contributed by atoms with E-state index in [1.165, 1.54) is 32.1 Å². The van der Waals surface area contributed by atoms with Crippen LogP contribution < -0.4 is 5.32 Å². The van der Waals surface area contributed by atoms with Gasteiger partial charge in [-0.25, -0.2) is 0 Å². The smallest absolute Gasteiger partial charge is 0.310 e. The van der Waals surface area contributed by atoms with Gasteiger partial charge in [0.15, 0.2) is 5.96 Å². The highest BCUT2D eigenvalue weighted by molar-refractivity contribution is 5.81. The average molecular weight is 335 g/mol. The summed E-state index contributed by atoms with van der Waals surface area (Å²) in [4.78, 5) is 19.4. The predicted octanol–water partition coefficient (Wildman–Crippen LogP) is 2.81. The van der Waals surface area contributed by atoms with Crippen molar-refractivity contribution in [2.75, 3.05) is 32.8 Å². The summed E-state index contributed by atoms with van der Waals surface area (Å²) >= 11 is 0. The van der Waals surface area contributed by atoms with E-state index in [9.17, 15) is 4.79 Å². The highest BCUT2D eigenvalue weighted by atomic mass is 16.5. The zero-order valence-corrected chi connectivity index (χ0v) is 15.4. The molecule has 0 radical (unpaired) electrons. The second-order valence-corrected chi connectivity index (χ2v) is 7.70. The van der Waals surface area contributed by atoms with Gasteiger partial charge in [0.25, 0.3) is 0 Å². The van der Waals surface area contributed by atoms with Crippen molar-refractivity contribution >= 4 is 11.9 Å². The number of aliphatic imine (C=N–C) groups is 1. The van der Waals surface area contributed by atoms with Gasteiger partial charge in [0, 0.05) is 26.2 Å². The van der Waals surface area contributed by atoms with Crippen LogP contribution in [0.3, 0.4) is 0 Å². The van der Waals surface area contributed by atoms with Crippen molar-refractivity contribution in [2.45, 2.75) is 58.8 Å². The van der Waals surface area contributed by atoms with E-state index in [1.54, 1.807) is 0 Å². The van der Waals surface area contributed by atoms with Crippen molar-refractivity contribution < 1.29 is 9.53 Å². The number of hydrogen-bond acceptors (Lipinski definition) is 3. The second-order valence-electron chi connectivity index (χ2n) is 7.70. The van der Waals surface area contributed by atoms with Gasteiger partial charge in [0.1, 0.15) is 0 Å². The number of guanidine groups is 1. The van der Waals surface area contributed by atoms with Crippen LogP contribution in [0.2, 0.25) is 0 Å². The number of carbonyl (C=O) groups is 1. The van der Waals surface area contributed by atoms with Crippen LogP contribution in [-0.4, -0.2) is 49.6 Å². The van der Waals surface area contributed by atoms with Crippen LogP contribution in [0.5, 0.6) is 0 Å². The van der Waals surface area contributed by atoms with Gasteiger partial charge in [-0.2, -0.15) is 0 Å². The molecule has 2 saturated carbocycles. The molecule has 5 nitrogen and oxygen atoms in total. The normalized spacial score (nSPS) is 26.7. The standard InChI is InChI=1S/C19H33N3O2/c1-3-20-18(21-14-19(10-6-11-19)16-8-9-16)22-12-5-7-15(13-22)17(23)24-4-2/h15-16H,3-14H2,1-2H3,(H,20,21). The zero-order valence-electron chi connectivity index (χ0n) is 15.4. The molecule has 3 aliphatic rings. The summed E-state index contributed by atoms with van der Waals surface area (Å²) in [6.07, 6.45) is 8.85. The fraction of sp³-hybridized carbons (Fsp3) is 0.895. The second kappa shape index (κ2) is 7.75. The lowest BCUT2D eigenvalue weighted by atomic mass is 9.65. The molecule has 0 aromatic heterocycles. The summed E-state index contributed by atoms with van der Waals surface area (Å²) in [7, 11) is 0. The summed E-state index contributed by atoms with van der Waals surface area (Å²) in [6.45, 7) is 8.01. The quantitative estimate of drug-likeness (QED) is 0.461. The first kappa shape index (κ1) is 17.6. The molecule has 1 aliphatic heterocycles. The third-order valence-corrected chi connectivity index (χ3v) is 6.01. The molecule has 1 saturated heterocycles. The van der Waals surface area contributed by atoms with Crippen LogP contribution in [-0.2, 0) is 9.53 Å². The van der Waals surface area contributed by atoms with E-state index in [4.69, 9.17) is 9.73 Å². The minimum Gasteiger partial charge on any atom is -0.466 e. The summed E-state index contributed by atoms with van der Waals surface area (Å²) in [5, 5.41) is 3.45. The van der Waals surface area contributed by atoms with Gasteiger partial charge >= 0.3 is 5.97 Å². The molecule has 1 N–H and O–H groups in total. The Morgan fingerprint density at radius 3 is 2.62 bits per heavy atom. The van der Waals surface area contributed by atoms with E-state index in [0.29, 0.717) is 12.0 Å². The topological polar surface area (TPSA) is 53.9 Å². The maximum absolute atomic E-state index is 12.1. The number of nitrogens with one attached hydrogen (secondary N) is 1. The zero-order chi connectivity index (χ0) is 17.0. The van der Waals surface area contributed by atoms with E-state index < -0.39 is 0 Å². The number of hydrogen-bond donors (Lipinski definition) is 1. The minimum atomic E-state index is -0.0495. The number of carbonyl (C=O) groups excluding carboxylic acids is 1. The van der Waals surface area contributed by atoms with Gasteiger partial charge in [-0.15, -0.1) is 0 Å². The molecule has 0 aromatic rings. The molecule has 2 aliphatic carbocycles. The van der Waals surface area contributed by atoms with Gasteiger partial charge in [-0.3, -0.25) is 9.79 Å². The third kappa shape index (κ3) is 3.86. The third-order valence-electron chi connectivity index (χ3n) is 6.01. The Morgan fingerprint density at radius 2 is 2.04 bits per heavy atom. The molecule has 1 unspecified atom stereocenters. The lowest BCUT2D eigenvalue weighted by Crippen LogP contribution is -2.49. The fourth-order valence-corrected chi connectivity index (χ4v) is 4.30. The van der Waals surface area contributed by atoms with Gasteiger partial charge in [0.05, 0.1) is 12.5 Å². The highest BCUT2D eigenvalue weighted by Gasteiger charge is 2.48. The van der Waals surface area contributed by atoms with E-state index in [-0.39, 0.29) is 11.9 Å². The molecular weight excluding hydrogens is 302 g/mol. The van der Waals surface area contributed by atoms with E-state index >= 15 is 0 Å². The monoisotopic (exact) mass is 335 g/mol. The van der Waals surface area contributed by atoms with Crippen molar-refractivity contribution in [1.82, 2.24) is 10.2 Å². The molecular formula is C19H33N3O2. The average Bonchev–Trinajstić information content (AvgIpc) is 3.38. The summed E-state index contributed by atoms with van der Waals surface area (Å²) in [5.41, 5.74) is 0.497. The summed E-state index contributed by atoms with van der Waals surface area (Å²) < 4.78 is 5.22. The lowest BCUT2D eigenvalue weighted by molar-refractivity contribution is -0.149. The molecule has 136 valence electrons. The minimum absolute atomic E-state index is 0.0105. The molecule has 3 fully saturated rings. The number of rotatable bonds is 6. The van der Waals surface area contributed by atoms with Crippen molar-refractivity contribution in [3.05, 3.63) is 0 Å². The van der Waals surface area contributed by atoms with Crippen molar-refractivity contribution in [2.24, 2.45) is 22.2 Å². The Bertz CT molecular complexity index is 469. The van der Waals surface area contributed by atoms with Gasteiger partial charge in [0.2, 0.25) is 0 Å². The SMILES string of the molecule is CCNC(=NCC1(C2CC2)CCC1)N1CCCC(C(=O)OCC)C1. The maximum Gasteiger partial charge on any atom is 0.310 e. The molecule has 0 amide bonds. The summed E-state index contributed by atoms with van der Waals surface area (Å²) in [5.74, 6) is 1.86. The van der Waals surface area contributed by atoms with Crippen LogP contribution in [0.15, 0.2) is 4.99 Å². The molecule has 5 heteroatoms. The van der Waals surface area contributed by atoms with Crippen molar-refractivity contribution in [1.29, 1.82) is 0 Å². The lowest BCUT2D eigenvalue weighted by Gasteiger charge is -2.42. The number of likely N-dealkylation sites (tertiary alicyclic amines) is 1. The van der Waals surface area contributed by atoms with Crippen LogP contribution in [0.4, 0.5) is 0 Å². The fourth-order valence-electron chi connectivity index (χ4n) is 4.30. The number of ether oxygens (including phenoxy) is 1. The molecule has 1 heterocycles. The van der Waals surface area contributed by atoms with Gasteiger partial charge in [-0.05, 0) is 63.7 Å². The van der Waals surface area contributed by atoms with E-state index in [0.717, 1.165) is 50.9 Å². The van der Waals surface area contributed by atoms with Gasteiger partial charge < -0.3 is 15.0 Å². The van der Waals surface area contributed by atoms with Crippen LogP contribution in [0, 0.1) is 17.3 Å². The molecule has 0 bridgehead atoms. The van der Waals surface area contributed by atoms with E-state index in [2.05, 4.69) is 17.1 Å². The highest BCUT2D eigenvalue weighted by Crippen LogP contribution is 2.57. The first-order valence-electron chi connectivity index (χ1n) is 9.88. The Labute approximate surface area is 146 Å². The first-order chi connectivity index (χ1) is 11.7. The van der Waals surface area contributed by atoms with Gasteiger partial charge in [-0.1, -0.05) is 6.42 Å². The van der Waals surface area contributed by atoms with Crippen molar-refractivity contribution in [3.63, 3.8) is 0 Å². The number of esters is 1. The molecule has 0 spiro atoms. The Kier molecular flexibility index (Phi) is 5.67. The van der Waals surface area contributed by atoms with Crippen LogP contribution in [0.1, 0.15) is 58.8 Å². The van der Waals surface area contributed by atoms with Crippen LogP contribution in [0.25, 0.3) is 0 Å². The van der Waals surface area contributed by atoms with Crippen LogP contribution >= 0.6 is 0 Å². The molecule has 1 atom stereocenters. The van der Waals surface area contributed by atoms with E-state index in [1.807, 2.05) is 6.92 Å². The molecule has 3 rings (SSSR count). The van der Waals surface area contributed by atoms with Crippen molar-refractivity contribution in [3.8, 4) is 0 Å². The largest absolute Gasteiger partial charge is 0.466 e. The Balaban J connectivity index is 1.63. The predicted molar refractivity (Wildman–Crippen MR) is 95.9 cm³/mol. The maximum atomic E-state index is 12.1. The first-order valence-corrected chi connectivity index (χ1v) is 9.88. The Morgan fingerprint density at radius 1 is 1.25 bits per heavy atom. The molecule has 0 aromatic carbocycles. The Hall–Kier alpha value is -1.26. The number of nitrogens with zero attached hydrogens (tertiary/aromatic N) is 2. The molecule has 24 heavy (non-hydrogen) atoms. The number of piperidine rings is 1. The summed E-state index contributed by atoms with van der Waals surface area (Å²) in [6, 6.07) is 0.